The van der Waals surface area contributed by atoms with E-state index in [1.54, 1.807) is 7.11 Å². The maximum absolute atomic E-state index is 5.50. The van der Waals surface area contributed by atoms with Crippen molar-refractivity contribution in [3.63, 3.8) is 0 Å². The van der Waals surface area contributed by atoms with Gasteiger partial charge in [-0.15, -0.1) is 0 Å². The highest BCUT2D eigenvalue weighted by atomic mass is 79.9. The number of hydrogen-bond donors (Lipinski definition) is 1. The summed E-state index contributed by atoms with van der Waals surface area (Å²) < 4.78 is 6.61. The number of nitrogens with one attached hydrogen (secondary N) is 1. The predicted octanol–water partition coefficient (Wildman–Crippen LogP) is 4.48. The van der Waals surface area contributed by atoms with Crippen molar-refractivity contribution in [2.75, 3.05) is 7.11 Å². The molecule has 0 saturated heterocycles. The lowest BCUT2D eigenvalue weighted by molar-refractivity contribution is 0.00631. The van der Waals surface area contributed by atoms with Gasteiger partial charge in [-0.2, -0.15) is 0 Å². The van der Waals surface area contributed by atoms with Crippen LogP contribution in [-0.4, -0.2) is 18.8 Å². The maximum Gasteiger partial charge on any atom is 0.0637 e. The van der Waals surface area contributed by atoms with Gasteiger partial charge in [-0.25, -0.2) is 0 Å². The molecule has 1 atom stereocenters. The van der Waals surface area contributed by atoms with Gasteiger partial charge in [0.2, 0.25) is 0 Å². The van der Waals surface area contributed by atoms with Crippen LogP contribution in [0.15, 0.2) is 28.7 Å². The fourth-order valence-electron chi connectivity index (χ4n) is 2.44. The molecule has 3 heteroatoms. The monoisotopic (exact) mass is 327 g/mol. The maximum atomic E-state index is 5.50. The van der Waals surface area contributed by atoms with Gasteiger partial charge in [-0.3, -0.25) is 0 Å². The van der Waals surface area contributed by atoms with Gasteiger partial charge in [0.1, 0.15) is 0 Å². The van der Waals surface area contributed by atoms with Gasteiger partial charge in [0.05, 0.1) is 5.60 Å². The van der Waals surface area contributed by atoms with Gasteiger partial charge in [0, 0.05) is 23.2 Å². The van der Waals surface area contributed by atoms with E-state index in [4.69, 9.17) is 4.74 Å². The highest BCUT2D eigenvalue weighted by Crippen LogP contribution is 2.24. The molecule has 1 N–H and O–H groups in total. The Morgan fingerprint density at radius 3 is 2.16 bits per heavy atom. The summed E-state index contributed by atoms with van der Waals surface area (Å²) in [5.74, 6) is 0. The van der Waals surface area contributed by atoms with Crippen LogP contribution in [0.4, 0.5) is 0 Å². The van der Waals surface area contributed by atoms with Crippen LogP contribution >= 0.6 is 15.9 Å². The molecule has 0 heterocycles. The third kappa shape index (κ3) is 5.25. The molecule has 0 fully saturated rings. The largest absolute Gasteiger partial charge is 0.379 e. The van der Waals surface area contributed by atoms with Crippen molar-refractivity contribution in [2.24, 2.45) is 0 Å². The average molecular weight is 328 g/mol. The van der Waals surface area contributed by atoms with E-state index in [2.05, 4.69) is 80.1 Å². The van der Waals surface area contributed by atoms with Crippen LogP contribution in [0.3, 0.4) is 0 Å². The summed E-state index contributed by atoms with van der Waals surface area (Å²) >= 11 is 3.48. The fourth-order valence-corrected chi connectivity index (χ4v) is 2.70. The fraction of sp³-hybridized carbons (Fsp3) is 0.625. The van der Waals surface area contributed by atoms with Crippen molar-refractivity contribution in [1.82, 2.24) is 5.32 Å². The molecular weight excluding hydrogens is 302 g/mol. The van der Waals surface area contributed by atoms with Crippen molar-refractivity contribution in [3.05, 3.63) is 34.3 Å². The minimum absolute atomic E-state index is 0.0516. The normalized spacial score (nSPS) is 14.5. The minimum atomic E-state index is -0.0950. The summed E-state index contributed by atoms with van der Waals surface area (Å²) in [4.78, 5) is 0. The molecule has 1 aromatic carbocycles. The Labute approximate surface area is 126 Å². The van der Waals surface area contributed by atoms with Crippen molar-refractivity contribution in [1.29, 1.82) is 0 Å². The van der Waals surface area contributed by atoms with Crippen molar-refractivity contribution in [2.45, 2.75) is 58.2 Å². The Balaban J connectivity index is 2.71. The van der Waals surface area contributed by atoms with E-state index in [0.717, 1.165) is 10.9 Å². The Hall–Kier alpha value is -0.380. The number of halogens is 1. The first kappa shape index (κ1) is 16.7. The summed E-state index contributed by atoms with van der Waals surface area (Å²) in [7, 11) is 1.77. The highest BCUT2D eigenvalue weighted by molar-refractivity contribution is 9.10. The zero-order valence-electron chi connectivity index (χ0n) is 12.9. The Kier molecular flexibility index (Phi) is 5.60. The summed E-state index contributed by atoms with van der Waals surface area (Å²) in [5.41, 5.74) is 1.14. The molecule has 19 heavy (non-hydrogen) atoms. The van der Waals surface area contributed by atoms with Crippen LogP contribution in [0.2, 0.25) is 0 Å². The van der Waals surface area contributed by atoms with Gasteiger partial charge in [-0.05, 0) is 58.7 Å². The van der Waals surface area contributed by atoms with Crippen molar-refractivity contribution < 1.29 is 4.74 Å². The lowest BCUT2D eigenvalue weighted by atomic mass is 9.91. The molecule has 1 rings (SSSR count). The van der Waals surface area contributed by atoms with Crippen LogP contribution in [0.1, 0.15) is 46.6 Å². The Morgan fingerprint density at radius 1 is 1.16 bits per heavy atom. The van der Waals surface area contributed by atoms with Crippen LogP contribution in [0, 0.1) is 0 Å². The summed E-state index contributed by atoms with van der Waals surface area (Å²) in [5, 5.41) is 3.69. The van der Waals surface area contributed by atoms with Gasteiger partial charge >= 0.3 is 0 Å². The second-order valence-electron chi connectivity index (χ2n) is 6.35. The smallest absolute Gasteiger partial charge is 0.0637 e. The van der Waals surface area contributed by atoms with E-state index < -0.39 is 0 Å². The molecule has 0 spiro atoms. The zero-order chi connectivity index (χ0) is 14.7. The van der Waals surface area contributed by atoms with Gasteiger partial charge in [0.15, 0.2) is 0 Å². The van der Waals surface area contributed by atoms with Crippen LogP contribution < -0.4 is 5.32 Å². The quantitative estimate of drug-likeness (QED) is 0.831. The molecule has 1 aromatic rings. The summed E-state index contributed by atoms with van der Waals surface area (Å²) in [6.07, 6.45) is 0.976. The summed E-state index contributed by atoms with van der Waals surface area (Å²) in [6.45, 7) is 10.9. The molecule has 0 bridgehead atoms. The number of hydrogen-bond acceptors (Lipinski definition) is 2. The first-order valence-electron chi connectivity index (χ1n) is 6.75. The zero-order valence-corrected chi connectivity index (χ0v) is 14.5. The Bertz CT molecular complexity index is 398. The number of ether oxygens (including phenoxy) is 1. The molecule has 0 aliphatic heterocycles. The third-order valence-electron chi connectivity index (χ3n) is 3.52. The first-order valence-corrected chi connectivity index (χ1v) is 7.54. The van der Waals surface area contributed by atoms with Gasteiger partial charge in [-0.1, -0.05) is 28.1 Å². The molecule has 0 radical (unpaired) electrons. The average Bonchev–Trinajstić information content (AvgIpc) is 2.28. The number of benzene rings is 1. The third-order valence-corrected chi connectivity index (χ3v) is 4.05. The standard InChI is InChI=1S/C16H26BrNO/c1-12(11-15(2,3)19-6)18-16(4,5)13-7-9-14(17)10-8-13/h7-10,12,18H,11H2,1-6H3. The van der Waals surface area contributed by atoms with E-state index in [1.807, 2.05) is 0 Å². The molecule has 0 amide bonds. The first-order chi connectivity index (χ1) is 8.66. The van der Waals surface area contributed by atoms with Crippen LogP contribution in [0.25, 0.3) is 0 Å². The molecule has 0 aromatic heterocycles. The van der Waals surface area contributed by atoms with Crippen molar-refractivity contribution >= 4 is 15.9 Å². The molecular formula is C16H26BrNO. The molecule has 0 aliphatic carbocycles. The van der Waals surface area contributed by atoms with E-state index in [0.29, 0.717) is 6.04 Å². The second kappa shape index (κ2) is 6.38. The van der Waals surface area contributed by atoms with Crippen LogP contribution in [0.5, 0.6) is 0 Å². The summed E-state index contributed by atoms with van der Waals surface area (Å²) in [6, 6.07) is 8.87. The van der Waals surface area contributed by atoms with E-state index in [1.165, 1.54) is 5.56 Å². The number of methoxy groups -OCH3 is 1. The molecule has 0 aliphatic rings. The number of rotatable bonds is 6. The minimum Gasteiger partial charge on any atom is -0.379 e. The SMILES string of the molecule is COC(C)(C)CC(C)NC(C)(C)c1ccc(Br)cc1. The molecule has 0 saturated carbocycles. The molecule has 108 valence electrons. The lowest BCUT2D eigenvalue weighted by Crippen LogP contribution is -2.45. The predicted molar refractivity (Wildman–Crippen MR) is 85.5 cm³/mol. The van der Waals surface area contributed by atoms with Gasteiger partial charge in [0.25, 0.3) is 0 Å². The topological polar surface area (TPSA) is 21.3 Å². The van der Waals surface area contributed by atoms with E-state index >= 15 is 0 Å². The van der Waals surface area contributed by atoms with E-state index in [9.17, 15) is 0 Å². The molecule has 2 nitrogen and oxygen atoms in total. The van der Waals surface area contributed by atoms with Gasteiger partial charge < -0.3 is 10.1 Å². The molecule has 1 unspecified atom stereocenters. The van der Waals surface area contributed by atoms with E-state index in [-0.39, 0.29) is 11.1 Å². The lowest BCUT2D eigenvalue weighted by Gasteiger charge is -2.34. The van der Waals surface area contributed by atoms with Crippen molar-refractivity contribution in [3.8, 4) is 0 Å². The highest BCUT2D eigenvalue weighted by Gasteiger charge is 2.26. The second-order valence-corrected chi connectivity index (χ2v) is 7.26. The van der Waals surface area contributed by atoms with Crippen LogP contribution in [-0.2, 0) is 10.3 Å². The Morgan fingerprint density at radius 2 is 1.68 bits per heavy atom.